The number of nitrogens with zero attached hydrogens (tertiary/aromatic N) is 3. The van der Waals surface area contributed by atoms with Crippen LogP contribution in [0.1, 0.15) is 21.5 Å². The predicted molar refractivity (Wildman–Crippen MR) is 86.4 cm³/mol. The van der Waals surface area contributed by atoms with Crippen molar-refractivity contribution in [3.8, 4) is 5.75 Å². The first kappa shape index (κ1) is 15.5. The summed E-state index contributed by atoms with van der Waals surface area (Å²) >= 11 is 0. The summed E-state index contributed by atoms with van der Waals surface area (Å²) in [6.07, 6.45) is 1.75. The zero-order valence-electron chi connectivity index (χ0n) is 13.3. The van der Waals surface area contributed by atoms with Crippen LogP contribution < -0.4 is 0 Å². The van der Waals surface area contributed by atoms with Gasteiger partial charge in [0.2, 0.25) is 0 Å². The number of likely N-dealkylation sites (N-methyl/N-ethyl adjacent to an activating group) is 1. The number of aldehydes is 1. The molecule has 0 amide bonds. The van der Waals surface area contributed by atoms with Crippen LogP contribution in [0.4, 0.5) is 0 Å². The molecule has 0 saturated carbocycles. The molecule has 2 heterocycles. The van der Waals surface area contributed by atoms with Gasteiger partial charge >= 0.3 is 0 Å². The lowest BCUT2D eigenvalue weighted by Crippen LogP contribution is -2.47. The largest absolute Gasteiger partial charge is 0.507 e. The Labute approximate surface area is 132 Å². The fraction of sp³-hybridized carbons (Fsp3) is 0.588. The molecule has 5 nitrogen and oxygen atoms in total. The number of aromatic hydroxyl groups is 1. The minimum atomic E-state index is 0.106. The fourth-order valence-electron chi connectivity index (χ4n) is 3.38. The van der Waals surface area contributed by atoms with E-state index in [4.69, 9.17) is 0 Å². The lowest BCUT2D eigenvalue weighted by atomic mass is 9.94. The highest BCUT2D eigenvalue weighted by Crippen LogP contribution is 2.27. The zero-order valence-corrected chi connectivity index (χ0v) is 13.3. The summed E-state index contributed by atoms with van der Waals surface area (Å²) in [7, 11) is 2.17. The van der Waals surface area contributed by atoms with Gasteiger partial charge in [-0.05, 0) is 30.7 Å². The van der Waals surface area contributed by atoms with Gasteiger partial charge in [-0.1, -0.05) is 6.07 Å². The van der Waals surface area contributed by atoms with Crippen molar-refractivity contribution in [2.75, 3.05) is 52.9 Å². The first-order chi connectivity index (χ1) is 10.7. The minimum absolute atomic E-state index is 0.106. The highest BCUT2D eigenvalue weighted by atomic mass is 16.3. The molecule has 0 spiro atoms. The molecule has 3 rings (SSSR count). The van der Waals surface area contributed by atoms with Gasteiger partial charge in [-0.15, -0.1) is 0 Å². The van der Waals surface area contributed by atoms with Gasteiger partial charge in [0.15, 0.2) is 6.29 Å². The standard InChI is InChI=1S/C17H25N3O2/c1-18-6-8-19(9-7-18)10-11-20-5-4-14-2-3-17(22)16(13-21)15(14)12-20/h2-3,13,22H,4-12H2,1H3. The summed E-state index contributed by atoms with van der Waals surface area (Å²) in [6.45, 7) is 8.48. The summed E-state index contributed by atoms with van der Waals surface area (Å²) in [6, 6.07) is 3.60. The van der Waals surface area contributed by atoms with E-state index in [0.717, 1.165) is 70.6 Å². The molecule has 1 N–H and O–H groups in total. The number of hydrogen-bond acceptors (Lipinski definition) is 5. The van der Waals surface area contributed by atoms with Gasteiger partial charge in [-0.2, -0.15) is 0 Å². The van der Waals surface area contributed by atoms with E-state index < -0.39 is 0 Å². The van der Waals surface area contributed by atoms with Crippen LogP contribution in [0.2, 0.25) is 0 Å². The monoisotopic (exact) mass is 303 g/mol. The molecule has 5 heteroatoms. The van der Waals surface area contributed by atoms with Crippen molar-refractivity contribution in [3.05, 3.63) is 28.8 Å². The van der Waals surface area contributed by atoms with Gasteiger partial charge in [0.25, 0.3) is 0 Å². The summed E-state index contributed by atoms with van der Waals surface area (Å²) in [5.41, 5.74) is 2.69. The number of fused-ring (bicyclic) bond motifs is 1. The normalized spacial score (nSPS) is 20.8. The second kappa shape index (κ2) is 6.77. The lowest BCUT2D eigenvalue weighted by molar-refractivity contribution is 0.111. The van der Waals surface area contributed by atoms with Crippen LogP contribution >= 0.6 is 0 Å². The number of rotatable bonds is 4. The average Bonchev–Trinajstić information content (AvgIpc) is 2.54. The van der Waals surface area contributed by atoms with Crippen LogP contribution in [0.3, 0.4) is 0 Å². The second-order valence-corrected chi connectivity index (χ2v) is 6.42. The van der Waals surface area contributed by atoms with E-state index in [1.165, 1.54) is 5.56 Å². The molecule has 1 fully saturated rings. The van der Waals surface area contributed by atoms with Crippen molar-refractivity contribution in [1.82, 2.24) is 14.7 Å². The Kier molecular flexibility index (Phi) is 4.76. The molecule has 0 aliphatic carbocycles. The molecule has 1 aromatic carbocycles. The molecule has 1 saturated heterocycles. The Bertz CT molecular complexity index is 539. The van der Waals surface area contributed by atoms with E-state index in [9.17, 15) is 9.90 Å². The van der Waals surface area contributed by atoms with Crippen LogP contribution in [0.5, 0.6) is 5.75 Å². The number of piperazine rings is 1. The Hall–Kier alpha value is -1.43. The Morgan fingerprint density at radius 1 is 1.09 bits per heavy atom. The number of carbonyl (C=O) groups is 1. The van der Waals surface area contributed by atoms with E-state index in [1.807, 2.05) is 6.07 Å². The predicted octanol–water partition coefficient (Wildman–Crippen LogP) is 0.810. The van der Waals surface area contributed by atoms with Crippen molar-refractivity contribution >= 4 is 6.29 Å². The van der Waals surface area contributed by atoms with Crippen molar-refractivity contribution in [2.24, 2.45) is 0 Å². The van der Waals surface area contributed by atoms with Gasteiger partial charge in [-0.3, -0.25) is 14.6 Å². The average molecular weight is 303 g/mol. The maximum Gasteiger partial charge on any atom is 0.154 e. The Morgan fingerprint density at radius 3 is 2.55 bits per heavy atom. The zero-order chi connectivity index (χ0) is 15.5. The molecule has 0 unspecified atom stereocenters. The lowest BCUT2D eigenvalue weighted by Gasteiger charge is -2.35. The molecule has 0 bridgehead atoms. The molecule has 1 aromatic rings. The number of carbonyl (C=O) groups excluding carboxylic acids is 1. The fourth-order valence-corrected chi connectivity index (χ4v) is 3.38. The third-order valence-corrected chi connectivity index (χ3v) is 4.96. The van der Waals surface area contributed by atoms with Crippen molar-refractivity contribution in [1.29, 1.82) is 0 Å². The van der Waals surface area contributed by atoms with Crippen LogP contribution in [0, 0.1) is 0 Å². The smallest absolute Gasteiger partial charge is 0.154 e. The first-order valence-electron chi connectivity index (χ1n) is 8.09. The van der Waals surface area contributed by atoms with E-state index in [0.29, 0.717) is 5.56 Å². The summed E-state index contributed by atoms with van der Waals surface area (Å²) in [5, 5.41) is 9.85. The second-order valence-electron chi connectivity index (χ2n) is 6.42. The SMILES string of the molecule is CN1CCN(CCN2CCc3ccc(O)c(C=O)c3C2)CC1. The number of phenolic OH excluding ortho intramolecular Hbond substituents is 1. The third-order valence-electron chi connectivity index (χ3n) is 4.96. The maximum absolute atomic E-state index is 11.3. The topological polar surface area (TPSA) is 47.0 Å². The highest BCUT2D eigenvalue weighted by molar-refractivity contribution is 5.82. The quantitative estimate of drug-likeness (QED) is 0.834. The van der Waals surface area contributed by atoms with Crippen LogP contribution in [-0.4, -0.2) is 79.0 Å². The van der Waals surface area contributed by atoms with E-state index in [-0.39, 0.29) is 5.75 Å². The number of phenols is 1. The van der Waals surface area contributed by atoms with E-state index >= 15 is 0 Å². The van der Waals surface area contributed by atoms with Crippen molar-refractivity contribution in [2.45, 2.75) is 13.0 Å². The molecular weight excluding hydrogens is 278 g/mol. The molecule has 22 heavy (non-hydrogen) atoms. The highest BCUT2D eigenvalue weighted by Gasteiger charge is 2.22. The Morgan fingerprint density at radius 2 is 1.82 bits per heavy atom. The van der Waals surface area contributed by atoms with Gasteiger partial charge in [-0.25, -0.2) is 0 Å². The molecule has 120 valence electrons. The molecular formula is C17H25N3O2. The maximum atomic E-state index is 11.3. The molecule has 0 atom stereocenters. The Balaban J connectivity index is 1.59. The van der Waals surface area contributed by atoms with Crippen molar-refractivity contribution < 1.29 is 9.90 Å². The number of hydrogen-bond donors (Lipinski definition) is 1. The van der Waals surface area contributed by atoms with Crippen LogP contribution in [0.15, 0.2) is 12.1 Å². The summed E-state index contributed by atoms with van der Waals surface area (Å²) in [5.74, 6) is 0.106. The number of benzene rings is 1. The first-order valence-corrected chi connectivity index (χ1v) is 8.09. The summed E-state index contributed by atoms with van der Waals surface area (Å²) < 4.78 is 0. The van der Waals surface area contributed by atoms with E-state index in [1.54, 1.807) is 6.07 Å². The van der Waals surface area contributed by atoms with Gasteiger partial charge in [0, 0.05) is 52.4 Å². The molecule has 0 radical (unpaired) electrons. The van der Waals surface area contributed by atoms with E-state index in [2.05, 4.69) is 21.7 Å². The van der Waals surface area contributed by atoms with Gasteiger partial charge in [0.1, 0.15) is 5.75 Å². The van der Waals surface area contributed by atoms with Crippen molar-refractivity contribution in [3.63, 3.8) is 0 Å². The molecule has 0 aromatic heterocycles. The molecule has 2 aliphatic rings. The third kappa shape index (κ3) is 3.32. The van der Waals surface area contributed by atoms with Crippen LogP contribution in [0.25, 0.3) is 0 Å². The van der Waals surface area contributed by atoms with Crippen LogP contribution in [-0.2, 0) is 13.0 Å². The summed E-state index contributed by atoms with van der Waals surface area (Å²) in [4.78, 5) is 18.5. The molecule has 2 aliphatic heterocycles. The minimum Gasteiger partial charge on any atom is -0.507 e. The van der Waals surface area contributed by atoms with Gasteiger partial charge in [0.05, 0.1) is 5.56 Å². The van der Waals surface area contributed by atoms with Gasteiger partial charge < -0.3 is 10.0 Å².